The molecular formula is C39H37N3O10S. The minimum Gasteiger partial charge on any atom is -0.502 e. The first kappa shape index (κ1) is 34.3. The third-order valence-electron chi connectivity index (χ3n) is 10.5. The molecule has 1 unspecified atom stereocenters. The van der Waals surface area contributed by atoms with Crippen LogP contribution in [0.3, 0.4) is 0 Å². The SMILES string of the molecule is COC(=O)C(Cc1c[nH]c2ccccc12)NC(=O)Cc1csc(C[C@@H]2c3cc4c(cc3[C@@H](c3cc(OC)c(O)c(OC)c3)[C@H]3C(=O)OC[C@@H]32)OCO4)n1. The summed E-state index contributed by atoms with van der Waals surface area (Å²) in [6.45, 7) is 0.302. The van der Waals surface area contributed by atoms with Crippen molar-refractivity contribution in [1.82, 2.24) is 15.3 Å². The van der Waals surface area contributed by atoms with E-state index >= 15 is 0 Å². The van der Waals surface area contributed by atoms with Crippen LogP contribution in [0.4, 0.5) is 0 Å². The van der Waals surface area contributed by atoms with E-state index < -0.39 is 23.8 Å². The van der Waals surface area contributed by atoms with Crippen LogP contribution in [-0.4, -0.2) is 73.7 Å². The summed E-state index contributed by atoms with van der Waals surface area (Å²) in [7, 11) is 4.22. The summed E-state index contributed by atoms with van der Waals surface area (Å²) in [6, 6.07) is 14.2. The number of fused-ring (bicyclic) bond motifs is 4. The molecule has 2 aliphatic heterocycles. The van der Waals surface area contributed by atoms with E-state index in [4.69, 9.17) is 33.4 Å². The number of aromatic nitrogens is 2. The van der Waals surface area contributed by atoms with Gasteiger partial charge in [0.15, 0.2) is 23.0 Å². The molecule has 0 spiro atoms. The van der Waals surface area contributed by atoms with Gasteiger partial charge in [0.05, 0.1) is 51.0 Å². The van der Waals surface area contributed by atoms with Crippen LogP contribution in [0.1, 0.15) is 44.8 Å². The first-order valence-corrected chi connectivity index (χ1v) is 18.0. The lowest BCUT2D eigenvalue weighted by atomic mass is 9.62. The van der Waals surface area contributed by atoms with Crippen LogP contribution in [0.2, 0.25) is 0 Å². The Hall–Kier alpha value is -5.76. The standard InChI is InChI=1S/C39H37N3O10S/c1-47-31-9-19(10-32(48-2)37(31)44)35-25-13-30-29(51-18-52-30)12-23(25)24(26-16-50-39(46)36(26)35)14-34-41-21(17-53-34)11-33(43)42-28(38(45)49-3)8-20-15-40-27-7-5-4-6-22(20)27/h4-7,9-10,12-13,15,17,24,26,28,35-36,40,44H,8,11,14,16,18H2,1-3H3,(H,42,43)/t24-,26-,28?,35-,36+/m1/s1. The van der Waals surface area contributed by atoms with Gasteiger partial charge in [-0.25, -0.2) is 9.78 Å². The molecule has 1 aliphatic carbocycles. The number of rotatable bonds is 11. The number of nitrogens with zero attached hydrogens (tertiary/aromatic N) is 1. The number of hydrogen-bond acceptors (Lipinski definition) is 12. The molecule has 13 nitrogen and oxygen atoms in total. The Bertz CT molecular complexity index is 2200. The lowest BCUT2D eigenvalue weighted by Crippen LogP contribution is -2.43. The number of phenols is 1. The average Bonchev–Trinajstić information content (AvgIpc) is 3.98. The summed E-state index contributed by atoms with van der Waals surface area (Å²) in [4.78, 5) is 47.6. The smallest absolute Gasteiger partial charge is 0.328 e. The fourth-order valence-corrected chi connectivity index (χ4v) is 8.86. The Kier molecular flexibility index (Phi) is 9.06. The van der Waals surface area contributed by atoms with Crippen LogP contribution in [0.15, 0.2) is 60.1 Å². The maximum absolute atomic E-state index is 13.6. The number of thiazole rings is 1. The van der Waals surface area contributed by atoms with Crippen molar-refractivity contribution in [2.45, 2.75) is 37.1 Å². The summed E-state index contributed by atoms with van der Waals surface area (Å²) in [5.41, 5.74) is 4.96. The minimum absolute atomic E-state index is 0.0297. The van der Waals surface area contributed by atoms with Crippen LogP contribution in [0.5, 0.6) is 28.7 Å². The fraction of sp³-hybridized carbons (Fsp3) is 0.333. The highest BCUT2D eigenvalue weighted by Gasteiger charge is 2.52. The number of cyclic esters (lactones) is 1. The van der Waals surface area contributed by atoms with Gasteiger partial charge >= 0.3 is 11.9 Å². The molecule has 0 bridgehead atoms. The molecule has 274 valence electrons. The lowest BCUT2D eigenvalue weighted by molar-refractivity contribution is -0.145. The van der Waals surface area contributed by atoms with Crippen molar-refractivity contribution in [3.63, 3.8) is 0 Å². The Morgan fingerprint density at radius 3 is 2.51 bits per heavy atom. The van der Waals surface area contributed by atoms with Crippen molar-refractivity contribution in [3.05, 3.63) is 93.1 Å². The molecule has 8 rings (SSSR count). The van der Waals surface area contributed by atoms with E-state index in [1.165, 1.54) is 32.7 Å². The number of ether oxygens (including phenoxy) is 6. The molecule has 1 fully saturated rings. The van der Waals surface area contributed by atoms with Crippen LogP contribution < -0.4 is 24.3 Å². The van der Waals surface area contributed by atoms with Gasteiger partial charge in [0.25, 0.3) is 0 Å². The molecule has 5 atom stereocenters. The first-order valence-electron chi connectivity index (χ1n) is 17.2. The van der Waals surface area contributed by atoms with Crippen molar-refractivity contribution in [1.29, 1.82) is 0 Å². The summed E-state index contributed by atoms with van der Waals surface area (Å²) >= 11 is 1.43. The average molecular weight is 740 g/mol. The molecule has 4 heterocycles. The number of carbonyl (C=O) groups excluding carboxylic acids is 3. The van der Waals surface area contributed by atoms with Crippen LogP contribution in [0.25, 0.3) is 10.9 Å². The molecule has 5 aromatic rings. The number of phenolic OH excluding ortho intramolecular Hbond substituents is 1. The highest BCUT2D eigenvalue weighted by atomic mass is 32.1. The molecule has 3 aromatic carbocycles. The number of methoxy groups -OCH3 is 3. The zero-order chi connectivity index (χ0) is 36.8. The maximum Gasteiger partial charge on any atom is 0.328 e. The van der Waals surface area contributed by atoms with Gasteiger partial charge in [-0.3, -0.25) is 9.59 Å². The van der Waals surface area contributed by atoms with E-state index in [0.717, 1.165) is 38.2 Å². The number of para-hydroxylation sites is 1. The van der Waals surface area contributed by atoms with Crippen molar-refractivity contribution in [3.8, 4) is 28.7 Å². The number of aromatic amines is 1. The van der Waals surface area contributed by atoms with Crippen molar-refractivity contribution >= 4 is 40.1 Å². The van der Waals surface area contributed by atoms with Gasteiger partial charge in [-0.05, 0) is 58.5 Å². The van der Waals surface area contributed by atoms with E-state index in [1.54, 1.807) is 12.1 Å². The predicted octanol–water partition coefficient (Wildman–Crippen LogP) is 4.78. The second-order valence-electron chi connectivity index (χ2n) is 13.3. The number of benzene rings is 3. The lowest BCUT2D eigenvalue weighted by Gasteiger charge is -2.39. The second kappa shape index (κ2) is 14.0. The summed E-state index contributed by atoms with van der Waals surface area (Å²) in [6.07, 6.45) is 2.55. The van der Waals surface area contributed by atoms with Crippen LogP contribution in [-0.2, 0) is 43.1 Å². The largest absolute Gasteiger partial charge is 0.502 e. The molecule has 53 heavy (non-hydrogen) atoms. The number of H-pyrrole nitrogens is 1. The van der Waals surface area contributed by atoms with E-state index in [0.29, 0.717) is 23.6 Å². The Morgan fingerprint density at radius 1 is 1.04 bits per heavy atom. The molecule has 3 N–H and O–H groups in total. The second-order valence-corrected chi connectivity index (χ2v) is 14.3. The number of carbonyl (C=O) groups is 3. The Morgan fingerprint density at radius 2 is 1.77 bits per heavy atom. The Balaban J connectivity index is 1.06. The fourth-order valence-electron chi connectivity index (χ4n) is 8.01. The summed E-state index contributed by atoms with van der Waals surface area (Å²) in [5, 5.41) is 17.1. The minimum atomic E-state index is -0.880. The zero-order valence-electron chi connectivity index (χ0n) is 29.2. The van der Waals surface area contributed by atoms with Crippen molar-refractivity contribution in [2.75, 3.05) is 34.7 Å². The summed E-state index contributed by atoms with van der Waals surface area (Å²) < 4.78 is 33.3. The van der Waals surface area contributed by atoms with E-state index in [-0.39, 0.29) is 67.2 Å². The van der Waals surface area contributed by atoms with Crippen molar-refractivity contribution in [2.24, 2.45) is 11.8 Å². The monoisotopic (exact) mass is 739 g/mol. The van der Waals surface area contributed by atoms with E-state index in [1.807, 2.05) is 48.0 Å². The number of hydrogen-bond donors (Lipinski definition) is 3. The first-order chi connectivity index (χ1) is 25.8. The molecule has 0 radical (unpaired) electrons. The number of esters is 2. The van der Waals surface area contributed by atoms with Gasteiger partial charge in [0.1, 0.15) is 6.04 Å². The number of amides is 1. The quantitative estimate of drug-likeness (QED) is 0.160. The predicted molar refractivity (Wildman–Crippen MR) is 192 cm³/mol. The summed E-state index contributed by atoms with van der Waals surface area (Å²) in [5.74, 6) is -1.11. The molecule has 14 heteroatoms. The van der Waals surface area contributed by atoms with E-state index in [2.05, 4.69) is 10.3 Å². The maximum atomic E-state index is 13.6. The van der Waals surface area contributed by atoms with E-state index in [9.17, 15) is 19.5 Å². The third-order valence-corrected chi connectivity index (χ3v) is 11.4. The molecule has 1 saturated heterocycles. The van der Waals surface area contributed by atoms with Gasteiger partial charge in [0, 0.05) is 47.2 Å². The molecule has 0 saturated carbocycles. The zero-order valence-corrected chi connectivity index (χ0v) is 30.0. The van der Waals surface area contributed by atoms with Gasteiger partial charge < -0.3 is 43.8 Å². The highest BCUT2D eigenvalue weighted by molar-refractivity contribution is 7.09. The molecule has 1 amide bonds. The highest BCUT2D eigenvalue weighted by Crippen LogP contribution is 2.57. The topological polar surface area (TPSA) is 168 Å². The van der Waals surface area contributed by atoms with Gasteiger partial charge in [0.2, 0.25) is 18.4 Å². The van der Waals surface area contributed by atoms with Crippen LogP contribution in [0, 0.1) is 11.8 Å². The van der Waals surface area contributed by atoms with Gasteiger partial charge in [-0.2, -0.15) is 0 Å². The van der Waals surface area contributed by atoms with Crippen molar-refractivity contribution < 1.29 is 47.9 Å². The molecule has 3 aliphatic rings. The van der Waals surface area contributed by atoms with Gasteiger partial charge in [-0.15, -0.1) is 11.3 Å². The van der Waals surface area contributed by atoms with Crippen LogP contribution >= 0.6 is 11.3 Å². The van der Waals surface area contributed by atoms with Gasteiger partial charge in [-0.1, -0.05) is 18.2 Å². The normalized spacial score (nSPS) is 20.3. The Labute approximate surface area is 308 Å². The molecular weight excluding hydrogens is 703 g/mol. The third kappa shape index (κ3) is 6.26. The number of aromatic hydroxyl groups is 1. The molecule has 2 aromatic heterocycles. The number of nitrogens with one attached hydrogen (secondary N) is 2.